The van der Waals surface area contributed by atoms with E-state index in [1.54, 1.807) is 0 Å². The van der Waals surface area contributed by atoms with E-state index in [1.807, 2.05) is 11.3 Å². The largest absolute Gasteiger partial charge is 0.314 e. The zero-order chi connectivity index (χ0) is 11.6. The van der Waals surface area contributed by atoms with Gasteiger partial charge in [0.1, 0.15) is 0 Å². The van der Waals surface area contributed by atoms with Crippen LogP contribution in [-0.2, 0) is 6.54 Å². The standard InChI is InChI=1S/C14H22N2S.ClH/c1-2-6-14(7-3-1)12-15-8-9-16(14)11-13-5-4-10-17-13;/h4-5,10,15H,1-3,6-9,11-12H2;1H. The second-order valence-corrected chi connectivity index (χ2v) is 6.49. The van der Waals surface area contributed by atoms with Crippen LogP contribution < -0.4 is 5.32 Å². The van der Waals surface area contributed by atoms with Crippen molar-refractivity contribution in [2.24, 2.45) is 0 Å². The summed E-state index contributed by atoms with van der Waals surface area (Å²) in [6.45, 7) is 4.75. The van der Waals surface area contributed by atoms with Gasteiger partial charge in [-0.15, -0.1) is 23.7 Å². The van der Waals surface area contributed by atoms with Crippen molar-refractivity contribution in [3.63, 3.8) is 0 Å². The number of nitrogens with zero attached hydrogens (tertiary/aromatic N) is 1. The van der Waals surface area contributed by atoms with E-state index in [1.165, 1.54) is 56.6 Å². The van der Waals surface area contributed by atoms with E-state index in [0.29, 0.717) is 5.54 Å². The molecule has 1 aromatic rings. The minimum Gasteiger partial charge on any atom is -0.314 e. The molecule has 1 aliphatic carbocycles. The van der Waals surface area contributed by atoms with Crippen LogP contribution in [0.2, 0.25) is 0 Å². The van der Waals surface area contributed by atoms with Crippen molar-refractivity contribution in [3.8, 4) is 0 Å². The quantitative estimate of drug-likeness (QED) is 0.898. The Morgan fingerprint density at radius 2 is 2.11 bits per heavy atom. The van der Waals surface area contributed by atoms with Gasteiger partial charge in [0, 0.05) is 36.6 Å². The molecule has 2 fully saturated rings. The van der Waals surface area contributed by atoms with Crippen LogP contribution >= 0.6 is 23.7 Å². The Morgan fingerprint density at radius 3 is 2.83 bits per heavy atom. The Bertz CT molecular complexity index is 338. The summed E-state index contributed by atoms with van der Waals surface area (Å²) in [5, 5.41) is 5.82. The molecule has 2 aliphatic rings. The average molecular weight is 287 g/mol. The number of thiophene rings is 1. The van der Waals surface area contributed by atoms with Gasteiger partial charge in [-0.25, -0.2) is 0 Å². The van der Waals surface area contributed by atoms with E-state index in [9.17, 15) is 0 Å². The molecule has 1 aliphatic heterocycles. The highest BCUT2D eigenvalue weighted by molar-refractivity contribution is 7.09. The lowest BCUT2D eigenvalue weighted by atomic mass is 9.79. The van der Waals surface area contributed by atoms with Crippen LogP contribution in [0.3, 0.4) is 0 Å². The summed E-state index contributed by atoms with van der Waals surface area (Å²) in [5.74, 6) is 0. The maximum atomic E-state index is 3.62. The first-order valence-electron chi connectivity index (χ1n) is 6.87. The van der Waals surface area contributed by atoms with Gasteiger partial charge in [-0.3, -0.25) is 4.90 Å². The van der Waals surface area contributed by atoms with Gasteiger partial charge in [0.05, 0.1) is 0 Å². The highest BCUT2D eigenvalue weighted by Gasteiger charge is 2.39. The van der Waals surface area contributed by atoms with Gasteiger partial charge in [0.15, 0.2) is 0 Å². The number of piperazine rings is 1. The fourth-order valence-corrected chi connectivity index (χ4v) is 4.14. The molecule has 3 rings (SSSR count). The topological polar surface area (TPSA) is 15.3 Å². The zero-order valence-corrected chi connectivity index (χ0v) is 12.5. The van der Waals surface area contributed by atoms with Gasteiger partial charge in [0.2, 0.25) is 0 Å². The first-order chi connectivity index (χ1) is 8.39. The average Bonchev–Trinajstić information content (AvgIpc) is 2.86. The van der Waals surface area contributed by atoms with Crippen LogP contribution in [0.5, 0.6) is 0 Å². The third-order valence-corrected chi connectivity index (χ3v) is 5.26. The molecule has 1 saturated heterocycles. The number of hydrogen-bond donors (Lipinski definition) is 1. The minimum atomic E-state index is 0. The Morgan fingerprint density at radius 1 is 1.28 bits per heavy atom. The Labute approximate surface area is 120 Å². The molecule has 0 bridgehead atoms. The number of rotatable bonds is 2. The fraction of sp³-hybridized carbons (Fsp3) is 0.714. The van der Waals surface area contributed by atoms with E-state index >= 15 is 0 Å². The molecule has 1 saturated carbocycles. The SMILES string of the molecule is Cl.c1csc(CN2CCNCC23CCCCC3)c1. The molecular weight excluding hydrogens is 264 g/mol. The van der Waals surface area contributed by atoms with Crippen LogP contribution in [0.15, 0.2) is 17.5 Å². The van der Waals surface area contributed by atoms with Gasteiger partial charge in [-0.1, -0.05) is 25.3 Å². The molecule has 18 heavy (non-hydrogen) atoms. The predicted molar refractivity (Wildman–Crippen MR) is 80.7 cm³/mol. The third kappa shape index (κ3) is 2.90. The van der Waals surface area contributed by atoms with Crippen molar-refractivity contribution in [3.05, 3.63) is 22.4 Å². The van der Waals surface area contributed by atoms with Crippen molar-refractivity contribution in [1.82, 2.24) is 10.2 Å². The van der Waals surface area contributed by atoms with Crippen molar-refractivity contribution >= 4 is 23.7 Å². The summed E-state index contributed by atoms with van der Waals surface area (Å²) in [5.41, 5.74) is 0.473. The molecule has 1 aromatic heterocycles. The summed E-state index contributed by atoms with van der Waals surface area (Å²) in [4.78, 5) is 4.28. The van der Waals surface area contributed by atoms with Gasteiger partial charge < -0.3 is 5.32 Å². The highest BCUT2D eigenvalue weighted by Crippen LogP contribution is 2.35. The molecule has 0 amide bonds. The lowest BCUT2D eigenvalue weighted by Gasteiger charge is -2.49. The van der Waals surface area contributed by atoms with Crippen LogP contribution in [0, 0.1) is 0 Å². The first-order valence-corrected chi connectivity index (χ1v) is 7.75. The maximum absolute atomic E-state index is 3.62. The molecule has 4 heteroatoms. The molecule has 0 atom stereocenters. The Kier molecular flexibility index (Phi) is 5.07. The minimum absolute atomic E-state index is 0. The van der Waals surface area contributed by atoms with Crippen LogP contribution in [0.1, 0.15) is 37.0 Å². The molecule has 1 spiro atoms. The summed E-state index contributed by atoms with van der Waals surface area (Å²) >= 11 is 1.90. The summed E-state index contributed by atoms with van der Waals surface area (Å²) in [6, 6.07) is 4.46. The van der Waals surface area contributed by atoms with Crippen molar-refractivity contribution in [2.45, 2.75) is 44.2 Å². The molecule has 0 aromatic carbocycles. The van der Waals surface area contributed by atoms with Crippen molar-refractivity contribution < 1.29 is 0 Å². The second kappa shape index (κ2) is 6.38. The normalized spacial score (nSPS) is 23.8. The van der Waals surface area contributed by atoms with E-state index in [4.69, 9.17) is 0 Å². The van der Waals surface area contributed by atoms with Gasteiger partial charge in [-0.05, 0) is 24.3 Å². The molecule has 102 valence electrons. The molecule has 1 N–H and O–H groups in total. The lowest BCUT2D eigenvalue weighted by molar-refractivity contribution is 0.0217. The number of nitrogens with one attached hydrogen (secondary N) is 1. The lowest BCUT2D eigenvalue weighted by Crippen LogP contribution is -2.61. The number of halogens is 1. The van der Waals surface area contributed by atoms with Gasteiger partial charge in [-0.2, -0.15) is 0 Å². The zero-order valence-electron chi connectivity index (χ0n) is 10.9. The third-order valence-electron chi connectivity index (χ3n) is 4.39. The summed E-state index contributed by atoms with van der Waals surface area (Å²) in [7, 11) is 0. The van der Waals surface area contributed by atoms with Gasteiger partial charge in [0.25, 0.3) is 0 Å². The van der Waals surface area contributed by atoms with Crippen LogP contribution in [0.25, 0.3) is 0 Å². The Balaban J connectivity index is 0.00000120. The molecule has 0 radical (unpaired) electrons. The predicted octanol–water partition coefficient (Wildman–Crippen LogP) is 3.28. The van der Waals surface area contributed by atoms with E-state index in [0.717, 1.165) is 6.54 Å². The maximum Gasteiger partial charge on any atom is 0.0338 e. The number of hydrogen-bond acceptors (Lipinski definition) is 3. The summed E-state index contributed by atoms with van der Waals surface area (Å²) < 4.78 is 0. The molecular formula is C14H23ClN2S. The monoisotopic (exact) mass is 286 g/mol. The molecule has 2 heterocycles. The highest BCUT2D eigenvalue weighted by atomic mass is 35.5. The van der Waals surface area contributed by atoms with Gasteiger partial charge >= 0.3 is 0 Å². The smallest absolute Gasteiger partial charge is 0.0338 e. The second-order valence-electron chi connectivity index (χ2n) is 5.46. The van der Waals surface area contributed by atoms with Crippen molar-refractivity contribution in [1.29, 1.82) is 0 Å². The van der Waals surface area contributed by atoms with Crippen LogP contribution in [-0.4, -0.2) is 30.1 Å². The molecule has 0 unspecified atom stereocenters. The van der Waals surface area contributed by atoms with E-state index in [-0.39, 0.29) is 12.4 Å². The summed E-state index contributed by atoms with van der Waals surface area (Å²) in [6.07, 6.45) is 7.07. The van der Waals surface area contributed by atoms with E-state index in [2.05, 4.69) is 27.7 Å². The van der Waals surface area contributed by atoms with Crippen LogP contribution in [0.4, 0.5) is 0 Å². The fourth-order valence-electron chi connectivity index (χ4n) is 3.42. The first kappa shape index (κ1) is 14.3. The molecule has 2 nitrogen and oxygen atoms in total. The van der Waals surface area contributed by atoms with Crippen molar-refractivity contribution in [2.75, 3.05) is 19.6 Å². The Hall–Kier alpha value is -0.0900. The van der Waals surface area contributed by atoms with E-state index < -0.39 is 0 Å².